The number of nitrogens with zero attached hydrogens (tertiary/aromatic N) is 5. The first-order valence-electron chi connectivity index (χ1n) is 13.1. The Bertz CT molecular complexity index is 1260. The van der Waals surface area contributed by atoms with Gasteiger partial charge in [-0.15, -0.1) is 0 Å². The third kappa shape index (κ3) is 4.16. The number of halogens is 1. The van der Waals surface area contributed by atoms with Crippen molar-refractivity contribution in [1.29, 1.82) is 5.26 Å². The minimum absolute atomic E-state index is 0.0914. The second-order valence-corrected chi connectivity index (χ2v) is 11.1. The van der Waals surface area contributed by atoms with Gasteiger partial charge in [0.15, 0.2) is 0 Å². The first kappa shape index (κ1) is 23.4. The first-order chi connectivity index (χ1) is 17.5. The summed E-state index contributed by atoms with van der Waals surface area (Å²) in [5.74, 6) is 0.812. The number of nitrogens with one attached hydrogen (secondary N) is 1. The number of benzene rings is 1. The van der Waals surface area contributed by atoms with Crippen molar-refractivity contribution in [3.63, 3.8) is 0 Å². The molecule has 0 spiro atoms. The van der Waals surface area contributed by atoms with E-state index in [0.717, 1.165) is 55.0 Å². The first-order valence-corrected chi connectivity index (χ1v) is 13.5. The number of rotatable bonds is 4. The predicted octanol–water partition coefficient (Wildman–Crippen LogP) is 4.39. The van der Waals surface area contributed by atoms with Gasteiger partial charge in [0.25, 0.3) is 5.91 Å². The number of likely N-dealkylation sites (N-methyl/N-ethyl adjacent to an activating group) is 1. The summed E-state index contributed by atoms with van der Waals surface area (Å²) < 4.78 is 0. The van der Waals surface area contributed by atoms with Gasteiger partial charge < -0.3 is 10.2 Å². The molecule has 4 aliphatic rings. The number of carbonyl (C=O) groups excluding carboxylic acids is 1. The number of likely N-dealkylation sites (tertiary alicyclic amines) is 1. The van der Waals surface area contributed by atoms with Crippen LogP contribution in [0, 0.1) is 23.2 Å². The van der Waals surface area contributed by atoms with Crippen molar-refractivity contribution in [3.8, 4) is 6.07 Å². The molecule has 1 N–H and O–H groups in total. The Morgan fingerprint density at radius 1 is 1.17 bits per heavy atom. The van der Waals surface area contributed by atoms with Crippen molar-refractivity contribution in [2.75, 3.05) is 25.1 Å². The summed E-state index contributed by atoms with van der Waals surface area (Å²) in [6.07, 6.45) is 7.74. The summed E-state index contributed by atoms with van der Waals surface area (Å²) in [6, 6.07) is 12.1. The van der Waals surface area contributed by atoms with E-state index < -0.39 is 0 Å². The molecule has 6 rings (SSSR count). The highest BCUT2D eigenvalue weighted by molar-refractivity contribution is 6.32. The maximum atomic E-state index is 12.9. The third-order valence-corrected chi connectivity index (χ3v) is 8.70. The second kappa shape index (κ2) is 9.49. The zero-order valence-electron chi connectivity index (χ0n) is 20.6. The maximum Gasteiger partial charge on any atom is 0.270 e. The van der Waals surface area contributed by atoms with E-state index in [-0.39, 0.29) is 18.0 Å². The van der Waals surface area contributed by atoms with E-state index >= 15 is 0 Å². The molecule has 2 aliphatic heterocycles. The molecule has 2 aromatic rings. The molecule has 2 aliphatic carbocycles. The van der Waals surface area contributed by atoms with E-state index in [9.17, 15) is 10.1 Å². The molecular formula is C28H31ClN6O. The van der Waals surface area contributed by atoms with Gasteiger partial charge in [-0.05, 0) is 81.9 Å². The largest absolute Gasteiger partial charge is 0.347 e. The van der Waals surface area contributed by atoms with Crippen LogP contribution in [0.15, 0.2) is 35.4 Å². The number of hydrogen-bond donors (Lipinski definition) is 1. The molecule has 7 nitrogen and oxygen atoms in total. The number of aryl methyl sites for hydroxylation is 1. The molecule has 3 atom stereocenters. The van der Waals surface area contributed by atoms with E-state index in [2.05, 4.69) is 28.3 Å². The number of hydrazone groups is 1. The fraction of sp³-hybridized carbons (Fsp3) is 0.500. The third-order valence-electron chi connectivity index (χ3n) is 8.38. The van der Waals surface area contributed by atoms with Crippen LogP contribution in [0.25, 0.3) is 0 Å². The number of aromatic nitrogens is 1. The van der Waals surface area contributed by atoms with Crippen molar-refractivity contribution >= 4 is 28.9 Å². The smallest absolute Gasteiger partial charge is 0.270 e. The number of amides is 1. The van der Waals surface area contributed by atoms with Crippen LogP contribution in [0.1, 0.15) is 65.8 Å². The van der Waals surface area contributed by atoms with Crippen LogP contribution >= 0.6 is 11.6 Å². The Kier molecular flexibility index (Phi) is 6.18. The SMILES string of the molecule is CN1CCC(NC(=O)c2ccc3c(n2)CCC2C3=NN(c3ccc(C#N)c(Cl)c3)C2C2CCCC2)C1. The number of nitriles is 1. The monoisotopic (exact) mass is 502 g/mol. The van der Waals surface area contributed by atoms with Gasteiger partial charge >= 0.3 is 0 Å². The molecule has 1 aromatic carbocycles. The van der Waals surface area contributed by atoms with Gasteiger partial charge in [-0.2, -0.15) is 10.4 Å². The van der Waals surface area contributed by atoms with E-state index in [1.807, 2.05) is 24.3 Å². The highest BCUT2D eigenvalue weighted by atomic mass is 35.5. The lowest BCUT2D eigenvalue weighted by Gasteiger charge is -2.34. The topological polar surface area (TPSA) is 84.6 Å². The molecule has 3 heterocycles. The van der Waals surface area contributed by atoms with Crippen LogP contribution in [0.5, 0.6) is 0 Å². The molecule has 2 fully saturated rings. The Labute approximate surface area is 217 Å². The number of fused-ring (bicyclic) bond motifs is 3. The highest BCUT2D eigenvalue weighted by Crippen LogP contribution is 2.45. The number of anilines is 1. The van der Waals surface area contributed by atoms with Crippen LogP contribution < -0.4 is 10.3 Å². The van der Waals surface area contributed by atoms with Crippen molar-refractivity contribution in [2.45, 2.75) is 57.0 Å². The van der Waals surface area contributed by atoms with Crippen LogP contribution in [-0.4, -0.2) is 53.7 Å². The number of hydrogen-bond acceptors (Lipinski definition) is 6. The van der Waals surface area contributed by atoms with Crippen LogP contribution in [-0.2, 0) is 6.42 Å². The molecule has 0 radical (unpaired) electrons. The second-order valence-electron chi connectivity index (χ2n) is 10.7. The van der Waals surface area contributed by atoms with Crippen molar-refractivity contribution < 1.29 is 4.79 Å². The summed E-state index contributed by atoms with van der Waals surface area (Å²) in [4.78, 5) is 19.9. The molecule has 1 saturated carbocycles. The highest BCUT2D eigenvalue weighted by Gasteiger charge is 2.46. The molecule has 1 aromatic heterocycles. The lowest BCUT2D eigenvalue weighted by Crippen LogP contribution is -2.41. The molecule has 8 heteroatoms. The quantitative estimate of drug-likeness (QED) is 0.670. The van der Waals surface area contributed by atoms with Gasteiger partial charge in [0.2, 0.25) is 0 Å². The standard InChI is InChI=1S/C28H31ClN6O/c1-34-13-12-19(16-34)31-28(36)25-11-8-21-24(32-25)10-9-22-26(21)33-35(27(22)17-4-2-3-5-17)20-7-6-18(15-30)23(29)14-20/h6-8,11,14,17,19,22,27H,2-5,9-10,12-13,16H2,1H3,(H,31,36). The minimum Gasteiger partial charge on any atom is -0.347 e. The van der Waals surface area contributed by atoms with Crippen molar-refractivity contribution in [1.82, 2.24) is 15.2 Å². The van der Waals surface area contributed by atoms with Gasteiger partial charge in [-0.25, -0.2) is 4.98 Å². The van der Waals surface area contributed by atoms with E-state index in [0.29, 0.717) is 28.1 Å². The molecular weight excluding hydrogens is 472 g/mol. The average molecular weight is 503 g/mol. The fourth-order valence-electron chi connectivity index (χ4n) is 6.60. The number of pyridine rings is 1. The van der Waals surface area contributed by atoms with Crippen molar-refractivity contribution in [2.24, 2.45) is 16.9 Å². The Morgan fingerprint density at radius 2 is 2.00 bits per heavy atom. The van der Waals surface area contributed by atoms with Crippen LogP contribution in [0.4, 0.5) is 5.69 Å². The lowest BCUT2D eigenvalue weighted by atomic mass is 9.76. The summed E-state index contributed by atoms with van der Waals surface area (Å²) in [7, 11) is 2.08. The van der Waals surface area contributed by atoms with Crippen LogP contribution in [0.3, 0.4) is 0 Å². The summed E-state index contributed by atoms with van der Waals surface area (Å²) in [5.41, 5.74) is 5.00. The Morgan fingerprint density at radius 3 is 2.72 bits per heavy atom. The molecule has 1 saturated heterocycles. The normalized spacial score (nSPS) is 25.9. The minimum atomic E-state index is -0.0914. The molecule has 186 valence electrons. The fourth-order valence-corrected chi connectivity index (χ4v) is 6.82. The van der Waals surface area contributed by atoms with E-state index in [1.54, 1.807) is 6.07 Å². The summed E-state index contributed by atoms with van der Waals surface area (Å²) in [5, 5.41) is 20.3. The van der Waals surface area contributed by atoms with E-state index in [1.165, 1.54) is 25.7 Å². The van der Waals surface area contributed by atoms with Crippen LogP contribution in [0.2, 0.25) is 5.02 Å². The molecule has 36 heavy (non-hydrogen) atoms. The number of carbonyl (C=O) groups is 1. The van der Waals surface area contributed by atoms with Crippen molar-refractivity contribution in [3.05, 3.63) is 57.9 Å². The van der Waals surface area contributed by atoms with Gasteiger partial charge in [-0.1, -0.05) is 24.4 Å². The van der Waals surface area contributed by atoms with Gasteiger partial charge in [0, 0.05) is 24.1 Å². The van der Waals surface area contributed by atoms with Gasteiger partial charge in [0.1, 0.15) is 11.8 Å². The lowest BCUT2D eigenvalue weighted by molar-refractivity contribution is 0.0933. The summed E-state index contributed by atoms with van der Waals surface area (Å²) in [6.45, 7) is 1.89. The molecule has 3 unspecified atom stereocenters. The Balaban J connectivity index is 1.31. The van der Waals surface area contributed by atoms with Gasteiger partial charge in [0.05, 0.1) is 33.7 Å². The maximum absolute atomic E-state index is 12.9. The molecule has 0 bridgehead atoms. The zero-order valence-corrected chi connectivity index (χ0v) is 21.3. The zero-order chi connectivity index (χ0) is 24.8. The predicted molar refractivity (Wildman–Crippen MR) is 140 cm³/mol. The average Bonchev–Trinajstić information content (AvgIpc) is 3.63. The van der Waals surface area contributed by atoms with Gasteiger partial charge in [-0.3, -0.25) is 9.80 Å². The Hall–Kier alpha value is -2.95. The molecule has 1 amide bonds. The van der Waals surface area contributed by atoms with E-state index in [4.69, 9.17) is 21.7 Å². The summed E-state index contributed by atoms with van der Waals surface area (Å²) >= 11 is 6.42.